The van der Waals surface area contributed by atoms with Gasteiger partial charge in [0.15, 0.2) is 6.10 Å². The molecule has 1 aromatic carbocycles. The van der Waals surface area contributed by atoms with Gasteiger partial charge in [-0.05, 0) is 54.9 Å². The van der Waals surface area contributed by atoms with Gasteiger partial charge in [-0.25, -0.2) is 9.82 Å². The third kappa shape index (κ3) is 6.94. The van der Waals surface area contributed by atoms with Crippen LogP contribution in [0.15, 0.2) is 53.8 Å². The average Bonchev–Trinajstić information content (AvgIpc) is 3.19. The minimum atomic E-state index is -1.73. The zero-order valence-electron chi connectivity index (χ0n) is 18.0. The zero-order valence-corrected chi connectivity index (χ0v) is 20.0. The summed E-state index contributed by atoms with van der Waals surface area (Å²) >= 11 is 6.08. The van der Waals surface area contributed by atoms with Crippen LogP contribution in [0.1, 0.15) is 51.7 Å². The summed E-state index contributed by atoms with van der Waals surface area (Å²) in [4.78, 5) is 12.7. The van der Waals surface area contributed by atoms with Crippen molar-refractivity contribution in [3.05, 3.63) is 64.4 Å². The van der Waals surface area contributed by atoms with E-state index < -0.39 is 17.7 Å². The van der Waals surface area contributed by atoms with Crippen LogP contribution >= 0.6 is 20.8 Å². The van der Waals surface area contributed by atoms with Crippen molar-refractivity contribution in [1.29, 1.82) is 0 Å². The molecule has 0 saturated heterocycles. The van der Waals surface area contributed by atoms with Gasteiger partial charge in [-0.1, -0.05) is 42.8 Å². The first-order chi connectivity index (χ1) is 14.7. The lowest BCUT2D eigenvalue weighted by molar-refractivity contribution is -0.157. The molecule has 2 rings (SSSR count). The molecule has 1 aromatic rings. The fraction of sp³-hybridized carbons (Fsp3) is 0.375. The maximum atomic E-state index is 15.3. The van der Waals surface area contributed by atoms with Gasteiger partial charge in [-0.2, -0.15) is 0 Å². The second-order valence-corrected chi connectivity index (χ2v) is 8.54. The third-order valence-corrected chi connectivity index (χ3v) is 6.08. The largest absolute Gasteiger partial charge is 0.454 e. The summed E-state index contributed by atoms with van der Waals surface area (Å²) in [6, 6.07) is 4.96. The number of nitrogens with one attached hydrogen (secondary N) is 2. The van der Waals surface area contributed by atoms with Crippen molar-refractivity contribution in [3.8, 4) is 12.3 Å². The van der Waals surface area contributed by atoms with E-state index in [-0.39, 0.29) is 18.9 Å². The molecule has 0 aromatic heterocycles. The van der Waals surface area contributed by atoms with Crippen LogP contribution in [0.2, 0.25) is 5.02 Å². The number of hydrogen-bond donors (Lipinski definition) is 2. The van der Waals surface area contributed by atoms with E-state index in [2.05, 4.69) is 26.0 Å². The molecule has 0 bridgehead atoms. The lowest BCUT2D eigenvalue weighted by atomic mass is 9.92. The molecule has 31 heavy (non-hydrogen) atoms. The number of benzene rings is 1. The SMILES string of the molecule is C#CC/C=C(\C=C/C)C1C=C(CC(=O)OC(c2ccc(Cl)c(P)c2)C(C)(F)CC)NN1. The topological polar surface area (TPSA) is 50.4 Å². The van der Waals surface area contributed by atoms with E-state index in [1.807, 2.05) is 31.2 Å². The van der Waals surface area contributed by atoms with Crippen LogP contribution in [0.4, 0.5) is 4.39 Å². The Hall–Kier alpha value is -2.12. The summed E-state index contributed by atoms with van der Waals surface area (Å²) in [6.45, 7) is 5.08. The highest BCUT2D eigenvalue weighted by molar-refractivity contribution is 7.28. The molecule has 166 valence electrons. The normalized spacial score (nSPS) is 19.3. The van der Waals surface area contributed by atoms with Crippen molar-refractivity contribution in [1.82, 2.24) is 10.9 Å². The van der Waals surface area contributed by atoms with E-state index in [0.29, 0.717) is 22.7 Å². The first-order valence-corrected chi connectivity index (χ1v) is 11.1. The van der Waals surface area contributed by atoms with Gasteiger partial charge in [0.2, 0.25) is 0 Å². The van der Waals surface area contributed by atoms with E-state index in [9.17, 15) is 4.79 Å². The van der Waals surface area contributed by atoms with Crippen LogP contribution < -0.4 is 16.2 Å². The molecule has 1 aliphatic heterocycles. The Bertz CT molecular complexity index is 934. The van der Waals surface area contributed by atoms with Crippen molar-refractivity contribution in [3.63, 3.8) is 0 Å². The highest BCUT2D eigenvalue weighted by atomic mass is 35.5. The molecule has 0 fully saturated rings. The fourth-order valence-corrected chi connectivity index (χ4v) is 3.59. The van der Waals surface area contributed by atoms with E-state index in [1.54, 1.807) is 25.1 Å². The molecule has 4 atom stereocenters. The van der Waals surface area contributed by atoms with Crippen molar-refractivity contribution in [2.75, 3.05) is 0 Å². The summed E-state index contributed by atoms with van der Waals surface area (Å²) < 4.78 is 20.9. The predicted molar refractivity (Wildman–Crippen MR) is 129 cm³/mol. The molecule has 4 nitrogen and oxygen atoms in total. The van der Waals surface area contributed by atoms with E-state index in [4.69, 9.17) is 22.8 Å². The lowest BCUT2D eigenvalue weighted by Crippen LogP contribution is -2.34. The predicted octanol–water partition coefficient (Wildman–Crippen LogP) is 4.84. The summed E-state index contributed by atoms with van der Waals surface area (Å²) in [5.74, 6) is 2.06. The minimum Gasteiger partial charge on any atom is -0.454 e. The quantitative estimate of drug-likeness (QED) is 0.239. The lowest BCUT2D eigenvalue weighted by Gasteiger charge is -2.30. The molecule has 0 saturated carbocycles. The Morgan fingerprint density at radius 1 is 1.52 bits per heavy atom. The number of carbonyl (C=O) groups excluding carboxylic acids is 1. The van der Waals surface area contributed by atoms with E-state index >= 15 is 4.39 Å². The first-order valence-electron chi connectivity index (χ1n) is 10.1. The van der Waals surface area contributed by atoms with E-state index in [0.717, 1.165) is 10.9 Å². The molecule has 7 heteroatoms. The van der Waals surface area contributed by atoms with Gasteiger partial charge in [0, 0.05) is 17.1 Å². The smallest absolute Gasteiger partial charge is 0.312 e. The third-order valence-electron chi connectivity index (χ3n) is 5.07. The Morgan fingerprint density at radius 3 is 2.87 bits per heavy atom. The first kappa shape index (κ1) is 25.1. The standard InChI is InChI=1S/C24H29ClFN2O2P/c1-5-8-10-16(9-6-2)20-14-18(27-28-20)15-22(29)30-23(24(4,26)7-3)17-11-12-19(25)21(31)13-17/h1,6,9-14,20,23,27-28H,7-8,15,31H2,2-4H3/b9-6-,16-10+. The highest BCUT2D eigenvalue weighted by Gasteiger charge is 2.37. The molecule has 1 aliphatic rings. The Kier molecular flexibility index (Phi) is 9.32. The molecular weight excluding hydrogens is 434 g/mol. The van der Waals surface area contributed by atoms with Crippen LogP contribution in [0, 0.1) is 12.3 Å². The minimum absolute atomic E-state index is 0.0145. The van der Waals surface area contributed by atoms with Crippen molar-refractivity contribution < 1.29 is 13.9 Å². The number of allylic oxidation sites excluding steroid dienone is 2. The van der Waals surface area contributed by atoms with Gasteiger partial charge < -0.3 is 10.2 Å². The summed E-state index contributed by atoms with van der Waals surface area (Å²) in [7, 11) is 2.51. The van der Waals surface area contributed by atoms with Crippen LogP contribution in [-0.2, 0) is 9.53 Å². The summed E-state index contributed by atoms with van der Waals surface area (Å²) in [5.41, 5.74) is 6.60. The summed E-state index contributed by atoms with van der Waals surface area (Å²) in [6.07, 6.45) is 12.7. The number of ether oxygens (including phenoxy) is 1. The van der Waals surface area contributed by atoms with Gasteiger partial charge in [0.25, 0.3) is 0 Å². The Labute approximate surface area is 191 Å². The number of halogens is 2. The molecule has 0 radical (unpaired) electrons. The Morgan fingerprint density at radius 2 is 2.26 bits per heavy atom. The highest BCUT2D eigenvalue weighted by Crippen LogP contribution is 2.36. The van der Waals surface area contributed by atoms with Crippen molar-refractivity contribution in [2.45, 2.75) is 57.8 Å². The molecule has 2 N–H and O–H groups in total. The maximum absolute atomic E-state index is 15.3. The molecular formula is C24H29ClFN2O2P. The molecule has 0 amide bonds. The molecule has 1 heterocycles. The van der Waals surface area contributed by atoms with Crippen molar-refractivity contribution >= 4 is 32.1 Å². The van der Waals surface area contributed by atoms with Crippen LogP contribution in [-0.4, -0.2) is 17.7 Å². The monoisotopic (exact) mass is 462 g/mol. The van der Waals surface area contributed by atoms with Crippen LogP contribution in [0.3, 0.4) is 0 Å². The number of hydrazine groups is 1. The number of esters is 1. The van der Waals surface area contributed by atoms with Gasteiger partial charge in [-0.15, -0.1) is 21.6 Å². The number of terminal acetylenes is 1. The number of hydrogen-bond acceptors (Lipinski definition) is 4. The fourth-order valence-electron chi connectivity index (χ4n) is 3.18. The van der Waals surface area contributed by atoms with E-state index in [1.165, 1.54) is 6.92 Å². The second kappa shape index (κ2) is 11.5. The average molecular weight is 463 g/mol. The molecule has 0 aliphatic carbocycles. The molecule has 4 unspecified atom stereocenters. The Balaban J connectivity index is 2.16. The van der Waals surface area contributed by atoms with Crippen LogP contribution in [0.25, 0.3) is 0 Å². The molecule has 0 spiro atoms. The van der Waals surface area contributed by atoms with Gasteiger partial charge in [0.05, 0.1) is 12.5 Å². The zero-order chi connectivity index (χ0) is 23.0. The number of rotatable bonds is 9. The van der Waals surface area contributed by atoms with Gasteiger partial charge in [0.1, 0.15) is 5.67 Å². The van der Waals surface area contributed by atoms with Crippen molar-refractivity contribution in [2.24, 2.45) is 0 Å². The summed E-state index contributed by atoms with van der Waals surface area (Å²) in [5, 5.41) is 1.26. The maximum Gasteiger partial charge on any atom is 0.312 e. The number of carbonyl (C=O) groups is 1. The van der Waals surface area contributed by atoms with Gasteiger partial charge in [-0.3, -0.25) is 4.79 Å². The second-order valence-electron chi connectivity index (χ2n) is 7.51. The van der Waals surface area contributed by atoms with Crippen LogP contribution in [0.5, 0.6) is 0 Å². The van der Waals surface area contributed by atoms with Gasteiger partial charge >= 0.3 is 5.97 Å². The number of alkyl halides is 1.